The summed E-state index contributed by atoms with van der Waals surface area (Å²) in [7, 11) is 0. The highest BCUT2D eigenvalue weighted by atomic mass is 16.3. The van der Waals surface area contributed by atoms with E-state index in [1.807, 2.05) is 66.5 Å². The number of aliphatic imine (C=N–C) groups is 1. The monoisotopic (exact) mass is 319 g/mol. The second-order valence-corrected chi connectivity index (χ2v) is 5.77. The minimum Gasteiger partial charge on any atom is -0.507 e. The van der Waals surface area contributed by atoms with Crippen LogP contribution in [0.15, 0.2) is 72.2 Å². The van der Waals surface area contributed by atoms with Gasteiger partial charge in [-0.25, -0.2) is 4.98 Å². The maximum atomic E-state index is 10.3. The molecule has 0 aliphatic heterocycles. The molecule has 0 radical (unpaired) electrons. The fourth-order valence-electron chi connectivity index (χ4n) is 2.63. The summed E-state index contributed by atoms with van der Waals surface area (Å²) < 4.78 is 2.04. The zero-order chi connectivity index (χ0) is 16.8. The summed E-state index contributed by atoms with van der Waals surface area (Å²) >= 11 is 0. The zero-order valence-corrected chi connectivity index (χ0v) is 13.8. The number of hydrogen-bond acceptors (Lipinski definition) is 3. The van der Waals surface area contributed by atoms with E-state index in [-0.39, 0.29) is 5.75 Å². The quantitative estimate of drug-likeness (QED) is 0.554. The van der Waals surface area contributed by atoms with E-state index in [2.05, 4.69) is 4.98 Å². The minimum absolute atomic E-state index is 0.262. The van der Waals surface area contributed by atoms with Crippen LogP contribution >= 0.6 is 0 Å². The number of aromatic hydroxyl groups is 1. The molecule has 0 saturated carbocycles. The Morgan fingerprint density at radius 2 is 2.00 bits per heavy atom. The Kier molecular flexibility index (Phi) is 5.06. The van der Waals surface area contributed by atoms with Gasteiger partial charge in [0.2, 0.25) is 0 Å². The van der Waals surface area contributed by atoms with Gasteiger partial charge in [-0.15, -0.1) is 0 Å². The van der Waals surface area contributed by atoms with E-state index in [9.17, 15) is 5.11 Å². The van der Waals surface area contributed by atoms with E-state index in [0.29, 0.717) is 6.54 Å². The second-order valence-electron chi connectivity index (χ2n) is 5.77. The molecule has 0 aliphatic carbocycles. The third-order valence-corrected chi connectivity index (χ3v) is 3.86. The van der Waals surface area contributed by atoms with Gasteiger partial charge in [0.25, 0.3) is 0 Å². The van der Waals surface area contributed by atoms with Crippen LogP contribution in [0.3, 0.4) is 0 Å². The summed E-state index contributed by atoms with van der Waals surface area (Å²) in [5.41, 5.74) is 3.73. The van der Waals surface area contributed by atoms with Crippen molar-refractivity contribution in [1.29, 1.82) is 0 Å². The molecule has 3 rings (SSSR count). The molecule has 4 nitrogen and oxygen atoms in total. The van der Waals surface area contributed by atoms with Gasteiger partial charge in [-0.3, -0.25) is 4.99 Å². The maximum Gasteiger partial charge on any atom is 0.124 e. The van der Waals surface area contributed by atoms with Crippen molar-refractivity contribution in [2.24, 2.45) is 4.99 Å². The Morgan fingerprint density at radius 1 is 1.17 bits per heavy atom. The minimum atomic E-state index is 0.262. The van der Waals surface area contributed by atoms with Crippen molar-refractivity contribution in [3.8, 4) is 5.75 Å². The standard InChI is InChI=1S/C20H21N3O/c1-16-8-9-19(24)18(14-16)20(17-6-3-2-4-7-17)22-10-5-12-23-13-11-21-15-23/h2-4,6-9,11,13-15,24H,5,10,12H2,1H3/b22-20-. The number of hydrogen-bond donors (Lipinski definition) is 1. The Hall–Kier alpha value is -2.88. The second kappa shape index (κ2) is 7.59. The van der Waals surface area contributed by atoms with Gasteiger partial charge in [0.15, 0.2) is 0 Å². The molecule has 1 N–H and O–H groups in total. The Labute approximate surface area is 142 Å². The van der Waals surface area contributed by atoms with Crippen LogP contribution in [0.1, 0.15) is 23.1 Å². The number of rotatable bonds is 6. The lowest BCUT2D eigenvalue weighted by Gasteiger charge is -2.11. The zero-order valence-electron chi connectivity index (χ0n) is 13.8. The van der Waals surface area contributed by atoms with Gasteiger partial charge in [0, 0.05) is 36.6 Å². The molecular formula is C20H21N3O. The van der Waals surface area contributed by atoms with Crippen molar-refractivity contribution in [3.63, 3.8) is 0 Å². The van der Waals surface area contributed by atoms with Crippen molar-refractivity contribution in [3.05, 3.63) is 83.9 Å². The third-order valence-electron chi connectivity index (χ3n) is 3.86. The van der Waals surface area contributed by atoms with Crippen molar-refractivity contribution in [1.82, 2.24) is 9.55 Å². The molecule has 4 heteroatoms. The van der Waals surface area contributed by atoms with Gasteiger partial charge in [-0.05, 0) is 25.5 Å². The summed E-state index contributed by atoms with van der Waals surface area (Å²) in [5.74, 6) is 0.262. The number of nitrogens with zero attached hydrogens (tertiary/aromatic N) is 3. The lowest BCUT2D eigenvalue weighted by molar-refractivity contribution is 0.474. The van der Waals surface area contributed by atoms with E-state index < -0.39 is 0 Å². The highest BCUT2D eigenvalue weighted by molar-refractivity contribution is 6.14. The number of benzene rings is 2. The van der Waals surface area contributed by atoms with E-state index in [0.717, 1.165) is 35.4 Å². The van der Waals surface area contributed by atoms with E-state index in [4.69, 9.17) is 4.99 Å². The first-order valence-electron chi connectivity index (χ1n) is 8.09. The molecule has 24 heavy (non-hydrogen) atoms. The molecular weight excluding hydrogens is 298 g/mol. The first-order valence-corrected chi connectivity index (χ1v) is 8.09. The third kappa shape index (κ3) is 3.90. The normalized spacial score (nSPS) is 11.6. The smallest absolute Gasteiger partial charge is 0.124 e. The average molecular weight is 319 g/mol. The predicted molar refractivity (Wildman–Crippen MR) is 96.6 cm³/mol. The molecule has 0 aliphatic rings. The van der Waals surface area contributed by atoms with Crippen LogP contribution in [0.25, 0.3) is 0 Å². The molecule has 0 amide bonds. The predicted octanol–water partition coefficient (Wildman–Crippen LogP) is 3.82. The van der Waals surface area contributed by atoms with Crippen molar-refractivity contribution in [2.75, 3.05) is 6.54 Å². The molecule has 0 saturated heterocycles. The van der Waals surface area contributed by atoms with Crippen molar-refractivity contribution < 1.29 is 5.11 Å². The van der Waals surface area contributed by atoms with Crippen molar-refractivity contribution >= 4 is 5.71 Å². The first kappa shape index (κ1) is 16.0. The van der Waals surface area contributed by atoms with Gasteiger partial charge in [-0.2, -0.15) is 0 Å². The molecule has 0 spiro atoms. The Balaban J connectivity index is 1.85. The molecule has 122 valence electrons. The van der Waals surface area contributed by atoms with Crippen LogP contribution < -0.4 is 0 Å². The van der Waals surface area contributed by atoms with E-state index >= 15 is 0 Å². The lowest BCUT2D eigenvalue weighted by Crippen LogP contribution is -2.06. The summed E-state index contributed by atoms with van der Waals surface area (Å²) in [5, 5.41) is 10.3. The number of aromatic nitrogens is 2. The van der Waals surface area contributed by atoms with E-state index in [1.54, 1.807) is 12.3 Å². The summed E-state index contributed by atoms with van der Waals surface area (Å²) in [6, 6.07) is 15.6. The van der Waals surface area contributed by atoms with Crippen LogP contribution in [0, 0.1) is 6.92 Å². The van der Waals surface area contributed by atoms with Crippen LogP contribution in [-0.2, 0) is 6.54 Å². The maximum absolute atomic E-state index is 10.3. The largest absolute Gasteiger partial charge is 0.507 e. The highest BCUT2D eigenvalue weighted by Gasteiger charge is 2.11. The molecule has 0 fully saturated rings. The van der Waals surface area contributed by atoms with Gasteiger partial charge >= 0.3 is 0 Å². The summed E-state index contributed by atoms with van der Waals surface area (Å²) in [4.78, 5) is 8.84. The fourth-order valence-corrected chi connectivity index (χ4v) is 2.63. The number of phenolic OH excluding ortho intramolecular Hbond substituents is 1. The van der Waals surface area contributed by atoms with Gasteiger partial charge in [-0.1, -0.05) is 42.0 Å². The number of imidazole rings is 1. The van der Waals surface area contributed by atoms with Gasteiger partial charge in [0.05, 0.1) is 12.0 Å². The van der Waals surface area contributed by atoms with Crippen LogP contribution in [0.5, 0.6) is 5.75 Å². The topological polar surface area (TPSA) is 50.4 Å². The molecule has 0 bridgehead atoms. The SMILES string of the molecule is Cc1ccc(O)c(/C(=N\CCCn2ccnc2)c2ccccc2)c1. The Bertz CT molecular complexity index is 808. The molecule has 0 unspecified atom stereocenters. The van der Waals surface area contributed by atoms with Crippen LogP contribution in [0.4, 0.5) is 0 Å². The first-order chi connectivity index (χ1) is 11.7. The van der Waals surface area contributed by atoms with Gasteiger partial charge < -0.3 is 9.67 Å². The van der Waals surface area contributed by atoms with E-state index in [1.165, 1.54) is 0 Å². The van der Waals surface area contributed by atoms with Crippen molar-refractivity contribution in [2.45, 2.75) is 19.9 Å². The number of aryl methyl sites for hydroxylation is 2. The number of phenols is 1. The van der Waals surface area contributed by atoms with Crippen LogP contribution in [0.2, 0.25) is 0 Å². The van der Waals surface area contributed by atoms with Gasteiger partial charge in [0.1, 0.15) is 5.75 Å². The molecule has 1 heterocycles. The van der Waals surface area contributed by atoms with Crippen LogP contribution in [-0.4, -0.2) is 26.9 Å². The summed E-state index contributed by atoms with van der Waals surface area (Å²) in [6.45, 7) is 3.59. The highest BCUT2D eigenvalue weighted by Crippen LogP contribution is 2.22. The molecule has 1 aromatic heterocycles. The Morgan fingerprint density at radius 3 is 2.75 bits per heavy atom. The molecule has 3 aromatic rings. The molecule has 2 aromatic carbocycles. The molecule has 0 atom stereocenters. The summed E-state index contributed by atoms with van der Waals surface area (Å²) in [6.07, 6.45) is 6.46. The average Bonchev–Trinajstić information content (AvgIpc) is 3.12. The fraction of sp³-hybridized carbons (Fsp3) is 0.200. The lowest BCUT2D eigenvalue weighted by atomic mass is 9.99.